The molecule has 6 heteroatoms. The minimum Gasteiger partial charge on any atom is -0.382 e. The maximum Gasteiger partial charge on any atom is 0.241 e. The number of nitrogens with zero attached hydrogens (tertiary/aromatic N) is 3. The zero-order valence-electron chi connectivity index (χ0n) is 8.53. The number of nitrogen functional groups attached to an aromatic ring is 1. The predicted molar refractivity (Wildman–Crippen MR) is 54.6 cm³/mol. The molecule has 0 aromatic carbocycles. The van der Waals surface area contributed by atoms with Crippen molar-refractivity contribution in [3.63, 3.8) is 0 Å². The summed E-state index contributed by atoms with van der Waals surface area (Å²) in [6.45, 7) is 2.32. The zero-order valence-corrected chi connectivity index (χ0v) is 8.53. The van der Waals surface area contributed by atoms with E-state index in [1.807, 2.05) is 13.0 Å². The van der Waals surface area contributed by atoms with Crippen LogP contribution >= 0.6 is 0 Å². The first-order valence-electron chi connectivity index (χ1n) is 4.56. The second-order valence-corrected chi connectivity index (χ2v) is 3.15. The summed E-state index contributed by atoms with van der Waals surface area (Å²) < 4.78 is 1.48. The molecule has 0 unspecified atom stereocenters. The smallest absolute Gasteiger partial charge is 0.241 e. The molecule has 1 aromatic heterocycles. The number of carbonyl (C=O) groups is 1. The van der Waals surface area contributed by atoms with Crippen LogP contribution in [-0.2, 0) is 11.3 Å². The van der Waals surface area contributed by atoms with Gasteiger partial charge < -0.3 is 11.1 Å². The molecule has 0 atom stereocenters. The van der Waals surface area contributed by atoms with E-state index in [2.05, 4.69) is 10.4 Å². The van der Waals surface area contributed by atoms with Crippen LogP contribution in [0.25, 0.3) is 0 Å². The van der Waals surface area contributed by atoms with Crippen molar-refractivity contribution in [2.45, 2.75) is 19.9 Å². The summed E-state index contributed by atoms with van der Waals surface area (Å²) in [7, 11) is 0. The van der Waals surface area contributed by atoms with E-state index in [1.54, 1.807) is 6.20 Å². The summed E-state index contributed by atoms with van der Waals surface area (Å²) in [6.07, 6.45) is 2.02. The molecule has 0 spiro atoms. The zero-order chi connectivity index (χ0) is 11.3. The lowest BCUT2D eigenvalue weighted by Gasteiger charge is -2.02. The molecule has 0 saturated heterocycles. The third-order valence-electron chi connectivity index (χ3n) is 1.85. The number of rotatable bonds is 4. The van der Waals surface area contributed by atoms with Crippen LogP contribution in [0, 0.1) is 18.3 Å². The number of nitriles is 1. The highest BCUT2D eigenvalue weighted by molar-refractivity contribution is 5.75. The van der Waals surface area contributed by atoms with Gasteiger partial charge in [-0.15, -0.1) is 0 Å². The normalized spacial score (nSPS) is 9.60. The number of carbonyl (C=O) groups excluding carboxylic acids is 1. The molecule has 1 rings (SSSR count). The van der Waals surface area contributed by atoms with Crippen molar-refractivity contribution in [3.05, 3.63) is 11.8 Å². The van der Waals surface area contributed by atoms with Crippen molar-refractivity contribution in [3.8, 4) is 6.07 Å². The van der Waals surface area contributed by atoms with Crippen molar-refractivity contribution in [2.24, 2.45) is 0 Å². The van der Waals surface area contributed by atoms with Gasteiger partial charge in [0.05, 0.1) is 12.5 Å². The average Bonchev–Trinajstić information content (AvgIpc) is 2.46. The van der Waals surface area contributed by atoms with Gasteiger partial charge >= 0.3 is 0 Å². The van der Waals surface area contributed by atoms with Crippen LogP contribution in [0.1, 0.15) is 12.0 Å². The molecule has 15 heavy (non-hydrogen) atoms. The van der Waals surface area contributed by atoms with Crippen LogP contribution in [0.15, 0.2) is 6.20 Å². The Morgan fingerprint density at radius 1 is 1.80 bits per heavy atom. The quantitative estimate of drug-likeness (QED) is 0.668. The van der Waals surface area contributed by atoms with E-state index >= 15 is 0 Å². The van der Waals surface area contributed by atoms with Crippen molar-refractivity contribution < 1.29 is 4.79 Å². The molecular formula is C9H13N5O. The highest BCUT2D eigenvalue weighted by Gasteiger charge is 2.05. The average molecular weight is 207 g/mol. The molecule has 6 nitrogen and oxygen atoms in total. The summed E-state index contributed by atoms with van der Waals surface area (Å²) in [6, 6.07) is 1.94. The second kappa shape index (κ2) is 5.00. The van der Waals surface area contributed by atoms with Gasteiger partial charge in [0.25, 0.3) is 0 Å². The highest BCUT2D eigenvalue weighted by atomic mass is 16.2. The lowest BCUT2D eigenvalue weighted by Crippen LogP contribution is -2.28. The Kier molecular flexibility index (Phi) is 3.68. The molecular weight excluding hydrogens is 194 g/mol. The van der Waals surface area contributed by atoms with Gasteiger partial charge in [0.2, 0.25) is 5.91 Å². The number of hydrogen-bond acceptors (Lipinski definition) is 4. The Morgan fingerprint density at radius 3 is 3.07 bits per heavy atom. The third kappa shape index (κ3) is 3.31. The number of aromatic nitrogens is 2. The Balaban J connectivity index is 2.42. The lowest BCUT2D eigenvalue weighted by atomic mass is 10.4. The molecule has 1 amide bonds. The Labute approximate surface area is 87.7 Å². The van der Waals surface area contributed by atoms with Crippen molar-refractivity contribution in [2.75, 3.05) is 12.3 Å². The van der Waals surface area contributed by atoms with Gasteiger partial charge in [-0.2, -0.15) is 10.4 Å². The minimum atomic E-state index is -0.173. The van der Waals surface area contributed by atoms with E-state index < -0.39 is 0 Å². The molecule has 1 aromatic rings. The van der Waals surface area contributed by atoms with Crippen molar-refractivity contribution in [1.82, 2.24) is 15.1 Å². The van der Waals surface area contributed by atoms with Gasteiger partial charge in [-0.3, -0.25) is 9.48 Å². The molecule has 0 bridgehead atoms. The molecule has 0 saturated carbocycles. The molecule has 0 aliphatic carbocycles. The lowest BCUT2D eigenvalue weighted by molar-refractivity contribution is -0.121. The van der Waals surface area contributed by atoms with Gasteiger partial charge in [0, 0.05) is 18.3 Å². The van der Waals surface area contributed by atoms with E-state index in [4.69, 9.17) is 11.0 Å². The topological polar surface area (TPSA) is 96.7 Å². The van der Waals surface area contributed by atoms with E-state index in [0.717, 1.165) is 5.56 Å². The summed E-state index contributed by atoms with van der Waals surface area (Å²) in [5.41, 5.74) is 6.38. The number of hydrogen-bond donors (Lipinski definition) is 2. The fourth-order valence-electron chi connectivity index (χ4n) is 1.08. The van der Waals surface area contributed by atoms with Gasteiger partial charge in [-0.05, 0) is 6.92 Å². The molecule has 0 aliphatic heterocycles. The number of nitrogens with two attached hydrogens (primary N) is 1. The Bertz CT molecular complexity index is 370. The summed E-state index contributed by atoms with van der Waals surface area (Å²) >= 11 is 0. The number of amides is 1. The SMILES string of the molecule is Cc1cn(CC(=O)NCCC#N)nc1N. The van der Waals surface area contributed by atoms with E-state index in [9.17, 15) is 4.79 Å². The van der Waals surface area contributed by atoms with Gasteiger partial charge in [-0.1, -0.05) is 0 Å². The van der Waals surface area contributed by atoms with Crippen molar-refractivity contribution in [1.29, 1.82) is 5.26 Å². The number of nitrogens with one attached hydrogen (secondary N) is 1. The first-order chi connectivity index (χ1) is 7.13. The maximum atomic E-state index is 11.3. The summed E-state index contributed by atoms with van der Waals surface area (Å²) in [5.74, 6) is 0.257. The van der Waals surface area contributed by atoms with Crippen LogP contribution in [0.2, 0.25) is 0 Å². The molecule has 80 valence electrons. The number of anilines is 1. The predicted octanol–water partition coefficient (Wildman–Crippen LogP) is -0.196. The molecule has 1 heterocycles. The van der Waals surface area contributed by atoms with Crippen LogP contribution in [0.3, 0.4) is 0 Å². The van der Waals surface area contributed by atoms with Gasteiger partial charge in [-0.25, -0.2) is 0 Å². The van der Waals surface area contributed by atoms with E-state index in [0.29, 0.717) is 18.8 Å². The molecule has 0 fully saturated rings. The fraction of sp³-hybridized carbons (Fsp3) is 0.444. The second-order valence-electron chi connectivity index (χ2n) is 3.15. The molecule has 0 aliphatic rings. The van der Waals surface area contributed by atoms with Crippen LogP contribution in [0.4, 0.5) is 5.82 Å². The van der Waals surface area contributed by atoms with Gasteiger partial charge in [0.1, 0.15) is 12.4 Å². The fourth-order valence-corrected chi connectivity index (χ4v) is 1.08. The minimum absolute atomic E-state index is 0.128. The Morgan fingerprint density at radius 2 is 2.53 bits per heavy atom. The molecule has 0 radical (unpaired) electrons. The summed E-state index contributed by atoms with van der Waals surface area (Å²) in [4.78, 5) is 11.3. The maximum absolute atomic E-state index is 11.3. The first kappa shape index (κ1) is 11.0. The van der Waals surface area contributed by atoms with Crippen molar-refractivity contribution >= 4 is 11.7 Å². The summed E-state index contributed by atoms with van der Waals surface area (Å²) in [5, 5.41) is 14.8. The molecule has 3 N–H and O–H groups in total. The standard InChI is InChI=1S/C9H13N5O/c1-7-5-14(13-9(7)11)6-8(15)12-4-2-3-10/h5H,2,4,6H2,1H3,(H2,11,13)(H,12,15). The van der Waals surface area contributed by atoms with Crippen LogP contribution < -0.4 is 11.1 Å². The Hall–Kier alpha value is -2.03. The monoisotopic (exact) mass is 207 g/mol. The number of aryl methyl sites for hydroxylation is 1. The van der Waals surface area contributed by atoms with Crippen LogP contribution in [-0.4, -0.2) is 22.2 Å². The van der Waals surface area contributed by atoms with E-state index in [-0.39, 0.29) is 12.5 Å². The van der Waals surface area contributed by atoms with Gasteiger partial charge in [0.15, 0.2) is 0 Å². The third-order valence-corrected chi connectivity index (χ3v) is 1.85. The van der Waals surface area contributed by atoms with E-state index in [1.165, 1.54) is 4.68 Å². The van der Waals surface area contributed by atoms with Crippen LogP contribution in [0.5, 0.6) is 0 Å². The highest BCUT2D eigenvalue weighted by Crippen LogP contribution is 2.05. The largest absolute Gasteiger partial charge is 0.382 e. The first-order valence-corrected chi connectivity index (χ1v) is 4.56.